The van der Waals surface area contributed by atoms with Crippen LogP contribution in [0, 0.1) is 0 Å². The zero-order chi connectivity index (χ0) is 27.6. The molecule has 1 aromatic heterocycles. The number of hydrogen-bond acceptors (Lipinski definition) is 4. The van der Waals surface area contributed by atoms with Gasteiger partial charge in [0.15, 0.2) is 11.6 Å². The SMILES string of the molecule is CCOC(=O)c1ccc(-n2c3ccc(C(=O)c4ccccc4)cc3c3cc(C(=O)c4ccccc4)ccc32)cc1. The maximum Gasteiger partial charge on any atom is 0.338 e. The molecule has 0 aliphatic carbocycles. The van der Waals surface area contributed by atoms with Gasteiger partial charge in [0.1, 0.15) is 0 Å². The van der Waals surface area contributed by atoms with E-state index in [9.17, 15) is 14.4 Å². The summed E-state index contributed by atoms with van der Waals surface area (Å²) in [4.78, 5) is 38.8. The van der Waals surface area contributed by atoms with Gasteiger partial charge in [-0.05, 0) is 67.6 Å². The van der Waals surface area contributed by atoms with Gasteiger partial charge in [-0.1, -0.05) is 60.7 Å². The second kappa shape index (κ2) is 10.5. The summed E-state index contributed by atoms with van der Waals surface area (Å²) < 4.78 is 7.21. The zero-order valence-electron chi connectivity index (χ0n) is 21.8. The predicted molar refractivity (Wildman–Crippen MR) is 156 cm³/mol. The summed E-state index contributed by atoms with van der Waals surface area (Å²) in [6, 6.07) is 36.9. The van der Waals surface area contributed by atoms with E-state index in [0.29, 0.717) is 34.4 Å². The minimum Gasteiger partial charge on any atom is -0.462 e. The van der Waals surface area contributed by atoms with Crippen molar-refractivity contribution in [3.63, 3.8) is 0 Å². The van der Waals surface area contributed by atoms with Crippen molar-refractivity contribution in [3.05, 3.63) is 149 Å². The number of nitrogens with zero attached hydrogens (tertiary/aromatic N) is 1. The topological polar surface area (TPSA) is 65.4 Å². The van der Waals surface area contributed by atoms with Gasteiger partial charge in [0, 0.05) is 38.7 Å². The lowest BCUT2D eigenvalue weighted by Crippen LogP contribution is -2.05. The summed E-state index contributed by atoms with van der Waals surface area (Å²) in [7, 11) is 0. The third-order valence-electron chi connectivity index (χ3n) is 7.00. The van der Waals surface area contributed by atoms with Crippen molar-refractivity contribution in [1.82, 2.24) is 4.57 Å². The Morgan fingerprint density at radius 1 is 0.550 bits per heavy atom. The van der Waals surface area contributed by atoms with E-state index in [1.165, 1.54) is 0 Å². The van der Waals surface area contributed by atoms with Crippen molar-refractivity contribution >= 4 is 39.3 Å². The molecule has 0 saturated carbocycles. The van der Waals surface area contributed by atoms with Crippen molar-refractivity contribution in [2.75, 3.05) is 6.61 Å². The number of carbonyl (C=O) groups excluding carboxylic acids is 3. The molecule has 0 fully saturated rings. The number of ether oxygens (including phenoxy) is 1. The van der Waals surface area contributed by atoms with Crippen LogP contribution in [0.4, 0.5) is 0 Å². The molecular formula is C35H25NO4. The molecule has 194 valence electrons. The van der Waals surface area contributed by atoms with E-state index in [-0.39, 0.29) is 17.5 Å². The van der Waals surface area contributed by atoms with E-state index >= 15 is 0 Å². The van der Waals surface area contributed by atoms with Crippen LogP contribution in [0.2, 0.25) is 0 Å². The Labute approximate surface area is 231 Å². The third kappa shape index (κ3) is 4.48. The molecule has 0 aliphatic heterocycles. The van der Waals surface area contributed by atoms with Gasteiger partial charge in [-0.15, -0.1) is 0 Å². The lowest BCUT2D eigenvalue weighted by Gasteiger charge is -2.10. The molecule has 0 saturated heterocycles. The van der Waals surface area contributed by atoms with E-state index in [4.69, 9.17) is 4.74 Å². The Balaban J connectivity index is 1.54. The average molecular weight is 524 g/mol. The van der Waals surface area contributed by atoms with Gasteiger partial charge >= 0.3 is 5.97 Å². The average Bonchev–Trinajstić information content (AvgIpc) is 3.34. The van der Waals surface area contributed by atoms with Crippen LogP contribution in [0.25, 0.3) is 27.5 Å². The van der Waals surface area contributed by atoms with Gasteiger partial charge in [-0.2, -0.15) is 0 Å². The Kier molecular flexibility index (Phi) is 6.54. The molecule has 1 heterocycles. The summed E-state index contributed by atoms with van der Waals surface area (Å²) in [5.41, 5.74) is 5.43. The first-order chi connectivity index (χ1) is 19.5. The van der Waals surface area contributed by atoms with Crippen molar-refractivity contribution in [3.8, 4) is 5.69 Å². The Hall–Kier alpha value is -5.29. The fourth-order valence-corrected chi connectivity index (χ4v) is 5.06. The first kappa shape index (κ1) is 25.0. The molecule has 0 atom stereocenters. The highest BCUT2D eigenvalue weighted by molar-refractivity contribution is 6.17. The van der Waals surface area contributed by atoms with E-state index in [0.717, 1.165) is 27.5 Å². The first-order valence-electron chi connectivity index (χ1n) is 13.1. The van der Waals surface area contributed by atoms with Crippen LogP contribution in [0.1, 0.15) is 49.1 Å². The van der Waals surface area contributed by atoms with Crippen LogP contribution in [0.5, 0.6) is 0 Å². The third-order valence-corrected chi connectivity index (χ3v) is 7.00. The van der Waals surface area contributed by atoms with Gasteiger partial charge in [-0.25, -0.2) is 4.79 Å². The molecule has 5 heteroatoms. The quantitative estimate of drug-likeness (QED) is 0.161. The van der Waals surface area contributed by atoms with Crippen molar-refractivity contribution in [2.45, 2.75) is 6.92 Å². The Morgan fingerprint density at radius 3 is 1.45 bits per heavy atom. The molecule has 6 rings (SSSR count). The Morgan fingerprint density at radius 2 is 1.00 bits per heavy atom. The summed E-state index contributed by atoms with van der Waals surface area (Å²) in [5.74, 6) is -0.512. The predicted octanol–water partition coefficient (Wildman–Crippen LogP) is 7.42. The largest absolute Gasteiger partial charge is 0.462 e. The van der Waals surface area contributed by atoms with Crippen LogP contribution in [0.3, 0.4) is 0 Å². The number of aromatic nitrogens is 1. The van der Waals surface area contributed by atoms with Crippen molar-refractivity contribution in [2.24, 2.45) is 0 Å². The molecule has 6 aromatic rings. The molecule has 40 heavy (non-hydrogen) atoms. The van der Waals surface area contributed by atoms with E-state index < -0.39 is 0 Å². The normalized spacial score (nSPS) is 11.0. The molecule has 5 aromatic carbocycles. The molecule has 0 N–H and O–H groups in total. The maximum atomic E-state index is 13.3. The van der Waals surface area contributed by atoms with Crippen LogP contribution >= 0.6 is 0 Å². The number of benzene rings is 5. The lowest BCUT2D eigenvalue weighted by molar-refractivity contribution is 0.0526. The summed E-state index contributed by atoms with van der Waals surface area (Å²) >= 11 is 0. The fraction of sp³-hybridized carbons (Fsp3) is 0.0571. The molecule has 0 amide bonds. The van der Waals surface area contributed by atoms with Crippen LogP contribution in [0.15, 0.2) is 121 Å². The van der Waals surface area contributed by atoms with Crippen molar-refractivity contribution in [1.29, 1.82) is 0 Å². The van der Waals surface area contributed by atoms with Gasteiger partial charge in [0.05, 0.1) is 23.2 Å². The summed E-state index contributed by atoms with van der Waals surface area (Å²) in [6.45, 7) is 2.08. The van der Waals surface area contributed by atoms with Gasteiger partial charge < -0.3 is 9.30 Å². The van der Waals surface area contributed by atoms with Gasteiger partial charge in [-0.3, -0.25) is 9.59 Å². The molecule has 0 bridgehead atoms. The van der Waals surface area contributed by atoms with Crippen LogP contribution < -0.4 is 0 Å². The highest BCUT2D eigenvalue weighted by Gasteiger charge is 2.18. The molecule has 0 radical (unpaired) electrons. The zero-order valence-corrected chi connectivity index (χ0v) is 21.8. The number of rotatable bonds is 7. The van der Waals surface area contributed by atoms with E-state index in [1.807, 2.05) is 84.9 Å². The minimum absolute atomic E-state index is 0.0706. The number of esters is 1. The maximum absolute atomic E-state index is 13.3. The first-order valence-corrected chi connectivity index (χ1v) is 13.1. The standard InChI is InChI=1S/C35H25NO4/c1-2-40-35(39)25-13-17-28(18-14-25)36-31-19-15-26(33(37)23-9-5-3-6-10-23)21-29(31)30-22-27(16-20-32(30)36)34(38)24-11-7-4-8-12-24/h3-22H,2H2,1H3. The molecule has 5 nitrogen and oxygen atoms in total. The Bertz CT molecular complexity index is 1780. The number of ketones is 2. The van der Waals surface area contributed by atoms with E-state index in [1.54, 1.807) is 43.3 Å². The second-order valence-corrected chi connectivity index (χ2v) is 9.46. The summed E-state index contributed by atoms with van der Waals surface area (Å²) in [6.07, 6.45) is 0. The van der Waals surface area contributed by atoms with Crippen LogP contribution in [-0.4, -0.2) is 28.7 Å². The molecule has 0 aliphatic rings. The fourth-order valence-electron chi connectivity index (χ4n) is 5.06. The monoisotopic (exact) mass is 523 g/mol. The minimum atomic E-state index is -0.371. The highest BCUT2D eigenvalue weighted by atomic mass is 16.5. The molecular weight excluding hydrogens is 498 g/mol. The molecule has 0 unspecified atom stereocenters. The second-order valence-electron chi connectivity index (χ2n) is 9.46. The molecule has 0 spiro atoms. The number of fused-ring (bicyclic) bond motifs is 3. The van der Waals surface area contributed by atoms with Gasteiger partial charge in [0.2, 0.25) is 0 Å². The smallest absolute Gasteiger partial charge is 0.338 e. The summed E-state index contributed by atoms with van der Waals surface area (Å²) in [5, 5.41) is 1.71. The van der Waals surface area contributed by atoms with Gasteiger partial charge in [0.25, 0.3) is 0 Å². The van der Waals surface area contributed by atoms with Crippen molar-refractivity contribution < 1.29 is 19.1 Å². The number of carbonyl (C=O) groups is 3. The lowest BCUT2D eigenvalue weighted by atomic mass is 9.99. The van der Waals surface area contributed by atoms with Crippen LogP contribution in [-0.2, 0) is 4.74 Å². The van der Waals surface area contributed by atoms with E-state index in [2.05, 4.69) is 4.57 Å². The highest BCUT2D eigenvalue weighted by Crippen LogP contribution is 2.34. The number of hydrogen-bond donors (Lipinski definition) is 0.